The fourth-order valence-electron chi connectivity index (χ4n) is 6.62. The van der Waals surface area contributed by atoms with E-state index in [9.17, 15) is 33.0 Å². The molecule has 0 saturated carbocycles. The molecule has 0 aliphatic carbocycles. The minimum atomic E-state index is -3.99. The van der Waals surface area contributed by atoms with E-state index >= 15 is 0 Å². The van der Waals surface area contributed by atoms with Crippen molar-refractivity contribution in [2.75, 3.05) is 17.7 Å². The van der Waals surface area contributed by atoms with Gasteiger partial charge in [0.1, 0.15) is 22.7 Å². The lowest BCUT2D eigenvalue weighted by atomic mass is 9.87. The number of nitrogens with one attached hydrogen (secondary N) is 3. The minimum Gasteiger partial charge on any atom is -0.508 e. The highest BCUT2D eigenvalue weighted by atomic mass is 32.2. The normalized spacial score (nSPS) is 16.0. The van der Waals surface area contributed by atoms with Gasteiger partial charge in [-0.25, -0.2) is 17.9 Å². The Balaban J connectivity index is 1.69. The average Bonchev–Trinajstić information content (AvgIpc) is 3.21. The number of sulfonamides is 1. The molecule has 1 aliphatic heterocycles. The van der Waals surface area contributed by atoms with Crippen molar-refractivity contribution in [1.29, 1.82) is 0 Å². The number of anilines is 2. The SMILES string of the molecule is CCCCC1(CCCC)CN(c2ccccc2)c2cc(SC)c(CCC(=O)N[C@@H](C(=O)N[C@H](C(=O)O)C(C)C)c3ccc(O)cc3)cc2S(=O)(=O)N1. The molecule has 5 N–H and O–H groups in total. The molecule has 1 heterocycles. The van der Waals surface area contributed by atoms with Crippen molar-refractivity contribution in [3.63, 3.8) is 0 Å². The summed E-state index contributed by atoms with van der Waals surface area (Å²) >= 11 is 1.46. The van der Waals surface area contributed by atoms with Gasteiger partial charge in [0, 0.05) is 23.5 Å². The van der Waals surface area contributed by atoms with E-state index in [-0.39, 0.29) is 23.5 Å². The van der Waals surface area contributed by atoms with Crippen LogP contribution in [0.2, 0.25) is 0 Å². The van der Waals surface area contributed by atoms with Gasteiger partial charge in [0.05, 0.1) is 11.2 Å². The van der Waals surface area contributed by atoms with Crippen molar-refractivity contribution < 1.29 is 33.0 Å². The van der Waals surface area contributed by atoms with Crippen LogP contribution in [0.4, 0.5) is 11.4 Å². The molecule has 0 spiro atoms. The quantitative estimate of drug-likeness (QED) is 0.0947. The van der Waals surface area contributed by atoms with Crippen LogP contribution in [0.3, 0.4) is 0 Å². The predicted octanol–water partition coefficient (Wildman–Crippen LogP) is 6.68. The topological polar surface area (TPSA) is 165 Å². The highest BCUT2D eigenvalue weighted by molar-refractivity contribution is 7.98. The van der Waals surface area contributed by atoms with Crippen molar-refractivity contribution in [1.82, 2.24) is 15.4 Å². The van der Waals surface area contributed by atoms with E-state index in [1.165, 1.54) is 36.0 Å². The first-order valence-corrected chi connectivity index (χ1v) is 20.6. The molecule has 3 aromatic carbocycles. The number of fused-ring (bicyclic) bond motifs is 1. The van der Waals surface area contributed by atoms with E-state index in [0.29, 0.717) is 36.2 Å². The van der Waals surface area contributed by atoms with Gasteiger partial charge >= 0.3 is 5.97 Å². The maximum absolute atomic E-state index is 14.4. The standard InChI is InChI=1S/C39H52N4O7S2/c1-6-8-21-39(22-9-7-2)25-43(29-13-11-10-12-14-29)31-24-32(51-5)28(23-33(31)52(49,50)42-39)17-20-34(45)40-36(27-15-18-30(44)19-16-27)37(46)41-35(26(3)4)38(47)48/h10-16,18-19,23-24,26,35-36,42,44H,6-9,17,20-22,25H2,1-5H3,(H,40,45)(H,41,46)(H,47,48)/t35-,36+/m0/s1. The number of nitrogens with zero attached hydrogens (tertiary/aromatic N) is 1. The molecule has 2 atom stereocenters. The van der Waals surface area contributed by atoms with Crippen LogP contribution >= 0.6 is 11.8 Å². The lowest BCUT2D eigenvalue weighted by molar-refractivity contribution is -0.143. The van der Waals surface area contributed by atoms with Gasteiger partial charge in [-0.3, -0.25) is 9.59 Å². The Morgan fingerprint density at radius 1 is 0.962 bits per heavy atom. The number of unbranched alkanes of at least 4 members (excludes halogenated alkanes) is 2. The van der Waals surface area contributed by atoms with E-state index in [0.717, 1.165) is 36.3 Å². The summed E-state index contributed by atoms with van der Waals surface area (Å²) in [6.07, 6.45) is 7.03. The molecule has 0 saturated heterocycles. The molecule has 2 amide bonds. The molecule has 0 radical (unpaired) electrons. The van der Waals surface area contributed by atoms with E-state index in [1.54, 1.807) is 19.9 Å². The Bertz CT molecular complexity index is 1790. The predicted molar refractivity (Wildman–Crippen MR) is 205 cm³/mol. The van der Waals surface area contributed by atoms with E-state index in [1.807, 2.05) is 42.7 Å². The number of thioether (sulfide) groups is 1. The maximum Gasteiger partial charge on any atom is 0.326 e. The fourth-order valence-corrected chi connectivity index (χ4v) is 8.96. The number of carboxylic acid groups (broad SMARTS) is 1. The molecular weight excluding hydrogens is 701 g/mol. The molecule has 0 unspecified atom stereocenters. The highest BCUT2D eigenvalue weighted by Crippen LogP contribution is 2.42. The lowest BCUT2D eigenvalue weighted by Gasteiger charge is -2.37. The average molecular weight is 753 g/mol. The third-order valence-corrected chi connectivity index (χ3v) is 11.9. The lowest BCUT2D eigenvalue weighted by Crippen LogP contribution is -2.53. The Morgan fingerprint density at radius 3 is 2.15 bits per heavy atom. The minimum absolute atomic E-state index is 0.0316. The van der Waals surface area contributed by atoms with Crippen LogP contribution in [0.1, 0.15) is 89.8 Å². The summed E-state index contributed by atoms with van der Waals surface area (Å²) in [5.74, 6) is -2.84. The number of hydrogen-bond acceptors (Lipinski definition) is 8. The van der Waals surface area contributed by atoms with Crippen LogP contribution in [0.15, 0.2) is 76.5 Å². The molecule has 52 heavy (non-hydrogen) atoms. The van der Waals surface area contributed by atoms with Gasteiger partial charge in [0.25, 0.3) is 0 Å². The van der Waals surface area contributed by atoms with Gasteiger partial charge < -0.3 is 25.7 Å². The number of carbonyl (C=O) groups is 3. The number of aliphatic carboxylic acids is 1. The summed E-state index contributed by atoms with van der Waals surface area (Å²) < 4.78 is 31.9. The first-order valence-electron chi connectivity index (χ1n) is 17.9. The Kier molecular flexibility index (Phi) is 14.2. The number of benzene rings is 3. The molecule has 4 rings (SSSR count). The number of carboxylic acids is 1. The summed E-state index contributed by atoms with van der Waals surface area (Å²) in [6, 6.07) is 16.7. The van der Waals surface area contributed by atoms with Gasteiger partial charge in [-0.1, -0.05) is 83.7 Å². The summed E-state index contributed by atoms with van der Waals surface area (Å²) in [5.41, 5.74) is 1.82. The first-order chi connectivity index (χ1) is 24.7. The maximum atomic E-state index is 14.4. The van der Waals surface area contributed by atoms with Crippen LogP contribution in [0.25, 0.3) is 0 Å². The summed E-state index contributed by atoms with van der Waals surface area (Å²) in [7, 11) is -3.99. The largest absolute Gasteiger partial charge is 0.508 e. The second-order valence-electron chi connectivity index (χ2n) is 13.8. The number of phenolic OH excluding ortho intramolecular Hbond substituents is 1. The van der Waals surface area contributed by atoms with Gasteiger partial charge in [0.2, 0.25) is 21.8 Å². The van der Waals surface area contributed by atoms with Crippen LogP contribution in [-0.4, -0.2) is 60.8 Å². The second-order valence-corrected chi connectivity index (χ2v) is 16.3. The van der Waals surface area contributed by atoms with Crippen LogP contribution in [-0.2, 0) is 30.8 Å². The highest BCUT2D eigenvalue weighted by Gasteiger charge is 2.42. The smallest absolute Gasteiger partial charge is 0.326 e. The molecule has 13 heteroatoms. The number of hydrogen-bond donors (Lipinski definition) is 5. The van der Waals surface area contributed by atoms with Gasteiger partial charge in [-0.05, 0) is 79.0 Å². The zero-order chi connectivity index (χ0) is 38.1. The zero-order valence-electron chi connectivity index (χ0n) is 30.6. The Morgan fingerprint density at radius 2 is 1.60 bits per heavy atom. The molecule has 0 fully saturated rings. The molecular formula is C39H52N4O7S2. The number of para-hydroxylation sites is 1. The molecule has 3 aromatic rings. The number of rotatable bonds is 17. The number of aromatic hydroxyl groups is 1. The fraction of sp³-hybridized carbons (Fsp3) is 0.462. The molecule has 0 bridgehead atoms. The third kappa shape index (κ3) is 10.1. The molecule has 0 aromatic heterocycles. The Labute approximate surface area is 312 Å². The summed E-state index contributed by atoms with van der Waals surface area (Å²) in [5, 5.41) is 24.7. The van der Waals surface area contributed by atoms with Gasteiger partial charge in [-0.2, -0.15) is 0 Å². The number of carbonyl (C=O) groups excluding carboxylic acids is 2. The number of phenols is 1. The van der Waals surface area contributed by atoms with Crippen LogP contribution < -0.4 is 20.3 Å². The molecule has 11 nitrogen and oxygen atoms in total. The molecule has 282 valence electrons. The zero-order valence-corrected chi connectivity index (χ0v) is 32.3. The van der Waals surface area contributed by atoms with Crippen molar-refractivity contribution in [3.8, 4) is 5.75 Å². The molecule has 1 aliphatic rings. The van der Waals surface area contributed by atoms with Crippen LogP contribution in [0.5, 0.6) is 5.75 Å². The van der Waals surface area contributed by atoms with Crippen molar-refractivity contribution in [2.45, 2.75) is 106 Å². The third-order valence-electron chi connectivity index (χ3n) is 9.49. The number of aryl methyl sites for hydroxylation is 1. The Hall–Kier alpha value is -4.07. The number of amides is 2. The summed E-state index contributed by atoms with van der Waals surface area (Å²) in [4.78, 5) is 41.9. The van der Waals surface area contributed by atoms with Gasteiger partial charge in [0.15, 0.2) is 0 Å². The van der Waals surface area contributed by atoms with E-state index in [4.69, 9.17) is 0 Å². The monoisotopic (exact) mass is 752 g/mol. The van der Waals surface area contributed by atoms with Gasteiger partial charge in [-0.15, -0.1) is 11.8 Å². The first kappa shape index (κ1) is 40.7. The van der Waals surface area contributed by atoms with Crippen molar-refractivity contribution in [2.24, 2.45) is 5.92 Å². The van der Waals surface area contributed by atoms with Crippen LogP contribution in [0, 0.1) is 5.92 Å². The van der Waals surface area contributed by atoms with Crippen molar-refractivity contribution in [3.05, 3.63) is 77.9 Å². The second kappa shape index (κ2) is 18.1. The van der Waals surface area contributed by atoms with E-state index < -0.39 is 51.3 Å². The van der Waals surface area contributed by atoms with E-state index in [2.05, 4.69) is 34.1 Å². The summed E-state index contributed by atoms with van der Waals surface area (Å²) in [6.45, 7) is 8.02. The van der Waals surface area contributed by atoms with Crippen molar-refractivity contribution >= 4 is 50.9 Å².